The first kappa shape index (κ1) is 14.0. The zero-order chi connectivity index (χ0) is 13.8. The summed E-state index contributed by atoms with van der Waals surface area (Å²) >= 11 is 1.94. The van der Waals surface area contributed by atoms with Crippen LogP contribution in [-0.4, -0.2) is 33.1 Å². The second kappa shape index (κ2) is 6.14. The lowest BCUT2D eigenvalue weighted by atomic mass is 10.2. The Balaban J connectivity index is 2.13. The SMILES string of the molecule is CCSC1CCCC1Nc1nc(C(=O)O)ccc1N. The predicted octanol–water partition coefficient (Wildman–Crippen LogP) is 2.45. The van der Waals surface area contributed by atoms with E-state index in [-0.39, 0.29) is 5.69 Å². The van der Waals surface area contributed by atoms with Gasteiger partial charge in [0.15, 0.2) is 5.69 Å². The summed E-state index contributed by atoms with van der Waals surface area (Å²) in [5.41, 5.74) is 6.38. The third kappa shape index (κ3) is 3.32. The minimum absolute atomic E-state index is 0.0226. The third-order valence-electron chi connectivity index (χ3n) is 3.30. The number of pyridine rings is 1. The van der Waals surface area contributed by atoms with Gasteiger partial charge in [0.1, 0.15) is 5.82 Å². The Morgan fingerprint density at radius 1 is 1.58 bits per heavy atom. The minimum atomic E-state index is -1.03. The van der Waals surface area contributed by atoms with Gasteiger partial charge in [-0.2, -0.15) is 11.8 Å². The largest absolute Gasteiger partial charge is 0.477 e. The summed E-state index contributed by atoms with van der Waals surface area (Å²) < 4.78 is 0. The van der Waals surface area contributed by atoms with Gasteiger partial charge in [-0.05, 0) is 30.7 Å². The molecule has 1 aromatic heterocycles. The number of carboxylic acids is 1. The van der Waals surface area contributed by atoms with Gasteiger partial charge in [-0.3, -0.25) is 0 Å². The van der Waals surface area contributed by atoms with Crippen LogP contribution in [0.4, 0.5) is 11.5 Å². The van der Waals surface area contributed by atoms with Crippen LogP contribution in [0.25, 0.3) is 0 Å². The summed E-state index contributed by atoms with van der Waals surface area (Å²) in [5.74, 6) is 0.545. The fourth-order valence-corrected chi connectivity index (χ4v) is 3.58. The summed E-state index contributed by atoms with van der Waals surface area (Å²) in [6, 6.07) is 3.34. The quantitative estimate of drug-likeness (QED) is 0.768. The lowest BCUT2D eigenvalue weighted by molar-refractivity contribution is 0.0690. The Bertz CT molecular complexity index is 467. The number of aromatic nitrogens is 1. The Morgan fingerprint density at radius 3 is 3.05 bits per heavy atom. The predicted molar refractivity (Wildman–Crippen MR) is 78.8 cm³/mol. The average Bonchev–Trinajstić information content (AvgIpc) is 2.80. The molecule has 4 N–H and O–H groups in total. The molecule has 0 amide bonds. The number of hydrogen-bond donors (Lipinski definition) is 3. The minimum Gasteiger partial charge on any atom is -0.477 e. The van der Waals surface area contributed by atoms with Crippen LogP contribution in [0.1, 0.15) is 36.7 Å². The summed E-state index contributed by atoms with van der Waals surface area (Å²) in [6.45, 7) is 2.15. The van der Waals surface area contributed by atoms with Gasteiger partial charge in [0.05, 0.1) is 5.69 Å². The number of nitrogens with zero attached hydrogens (tertiary/aromatic N) is 1. The molecular formula is C13H19N3O2S. The third-order valence-corrected chi connectivity index (χ3v) is 4.63. The van der Waals surface area contributed by atoms with Crippen molar-refractivity contribution in [2.45, 2.75) is 37.5 Å². The standard InChI is InChI=1S/C13H19N3O2S/c1-2-19-11-5-3-4-9(11)15-12-8(14)6-7-10(16-12)13(17)18/h6-7,9,11H,2-5,14H2,1H3,(H,15,16)(H,17,18). The highest BCUT2D eigenvalue weighted by molar-refractivity contribution is 7.99. The number of anilines is 2. The lowest BCUT2D eigenvalue weighted by Crippen LogP contribution is -2.27. The monoisotopic (exact) mass is 281 g/mol. The van der Waals surface area contributed by atoms with Crippen molar-refractivity contribution in [3.8, 4) is 0 Å². The Hall–Kier alpha value is -1.43. The first-order valence-electron chi connectivity index (χ1n) is 6.49. The van der Waals surface area contributed by atoms with Gasteiger partial charge in [0.25, 0.3) is 0 Å². The number of aromatic carboxylic acids is 1. The molecule has 0 aromatic carbocycles. The van der Waals surface area contributed by atoms with Crippen molar-refractivity contribution in [3.05, 3.63) is 17.8 Å². The Labute approximate surface area is 117 Å². The van der Waals surface area contributed by atoms with E-state index < -0.39 is 5.97 Å². The molecule has 1 saturated carbocycles. The molecule has 0 aliphatic heterocycles. The smallest absolute Gasteiger partial charge is 0.354 e. The van der Waals surface area contributed by atoms with Gasteiger partial charge in [0, 0.05) is 11.3 Å². The molecule has 1 aliphatic carbocycles. The van der Waals surface area contributed by atoms with Crippen LogP contribution in [0, 0.1) is 0 Å². The Kier molecular flexibility index (Phi) is 4.52. The first-order valence-corrected chi connectivity index (χ1v) is 7.54. The zero-order valence-corrected chi connectivity index (χ0v) is 11.7. The van der Waals surface area contributed by atoms with Gasteiger partial charge in [-0.15, -0.1) is 0 Å². The molecule has 2 unspecified atom stereocenters. The number of carboxylic acid groups (broad SMARTS) is 1. The van der Waals surface area contributed by atoms with Crippen molar-refractivity contribution >= 4 is 29.2 Å². The van der Waals surface area contributed by atoms with Gasteiger partial charge in [-0.25, -0.2) is 9.78 Å². The average molecular weight is 281 g/mol. The zero-order valence-electron chi connectivity index (χ0n) is 10.9. The van der Waals surface area contributed by atoms with E-state index in [0.717, 1.165) is 12.2 Å². The highest BCUT2D eigenvalue weighted by Crippen LogP contribution is 2.32. The maximum atomic E-state index is 10.9. The van der Waals surface area contributed by atoms with Crippen LogP contribution in [0.15, 0.2) is 12.1 Å². The molecule has 104 valence electrons. The first-order chi connectivity index (χ1) is 9.11. The maximum Gasteiger partial charge on any atom is 0.354 e. The molecule has 0 radical (unpaired) electrons. The van der Waals surface area contributed by atoms with Crippen LogP contribution in [-0.2, 0) is 0 Å². The number of nitrogen functional groups attached to an aromatic ring is 1. The number of rotatable bonds is 5. The number of thioether (sulfide) groups is 1. The van der Waals surface area contributed by atoms with Crippen molar-refractivity contribution < 1.29 is 9.90 Å². The van der Waals surface area contributed by atoms with E-state index in [1.807, 2.05) is 11.8 Å². The number of carbonyl (C=O) groups is 1. The second-order valence-corrected chi connectivity index (χ2v) is 6.13. The van der Waals surface area contributed by atoms with Crippen molar-refractivity contribution in [1.29, 1.82) is 0 Å². The molecular weight excluding hydrogens is 262 g/mol. The van der Waals surface area contributed by atoms with E-state index >= 15 is 0 Å². The van der Waals surface area contributed by atoms with Gasteiger partial charge in [-0.1, -0.05) is 13.3 Å². The van der Waals surface area contributed by atoms with E-state index in [2.05, 4.69) is 17.2 Å². The molecule has 5 nitrogen and oxygen atoms in total. The van der Waals surface area contributed by atoms with E-state index in [9.17, 15) is 4.79 Å². The van der Waals surface area contributed by atoms with Gasteiger partial charge >= 0.3 is 5.97 Å². The van der Waals surface area contributed by atoms with Crippen LogP contribution >= 0.6 is 11.8 Å². The molecule has 19 heavy (non-hydrogen) atoms. The highest BCUT2D eigenvalue weighted by atomic mass is 32.2. The van der Waals surface area contributed by atoms with Gasteiger partial charge < -0.3 is 16.2 Å². The van der Waals surface area contributed by atoms with Crippen molar-refractivity contribution in [2.75, 3.05) is 16.8 Å². The van der Waals surface area contributed by atoms with Gasteiger partial charge in [0.2, 0.25) is 0 Å². The van der Waals surface area contributed by atoms with Crippen LogP contribution < -0.4 is 11.1 Å². The molecule has 6 heteroatoms. The van der Waals surface area contributed by atoms with Crippen LogP contribution in [0.5, 0.6) is 0 Å². The van der Waals surface area contributed by atoms with E-state index in [4.69, 9.17) is 10.8 Å². The number of nitrogens with two attached hydrogens (primary N) is 1. The number of hydrogen-bond acceptors (Lipinski definition) is 5. The molecule has 2 atom stereocenters. The maximum absolute atomic E-state index is 10.9. The van der Waals surface area contributed by atoms with E-state index in [1.165, 1.54) is 18.9 Å². The topological polar surface area (TPSA) is 88.2 Å². The summed E-state index contributed by atoms with van der Waals surface area (Å²) in [6.07, 6.45) is 3.46. The fourth-order valence-electron chi connectivity index (χ4n) is 2.38. The molecule has 1 aliphatic rings. The van der Waals surface area contributed by atoms with E-state index in [0.29, 0.717) is 22.8 Å². The molecule has 1 fully saturated rings. The molecule has 1 aromatic rings. The fraction of sp³-hybridized carbons (Fsp3) is 0.538. The lowest BCUT2D eigenvalue weighted by Gasteiger charge is -2.21. The Morgan fingerprint density at radius 2 is 2.37 bits per heavy atom. The van der Waals surface area contributed by atoms with Crippen LogP contribution in [0.2, 0.25) is 0 Å². The second-order valence-electron chi connectivity index (χ2n) is 4.62. The molecule has 1 heterocycles. The molecule has 0 spiro atoms. The summed E-state index contributed by atoms with van der Waals surface area (Å²) in [7, 11) is 0. The normalized spacial score (nSPS) is 22.4. The molecule has 0 saturated heterocycles. The molecule has 2 rings (SSSR count). The van der Waals surface area contributed by atoms with Crippen molar-refractivity contribution in [1.82, 2.24) is 4.98 Å². The van der Waals surface area contributed by atoms with E-state index in [1.54, 1.807) is 6.07 Å². The summed E-state index contributed by atoms with van der Waals surface area (Å²) in [5, 5.41) is 12.8. The summed E-state index contributed by atoms with van der Waals surface area (Å²) in [4.78, 5) is 15.0. The molecule has 0 bridgehead atoms. The van der Waals surface area contributed by atoms with Crippen LogP contribution in [0.3, 0.4) is 0 Å². The number of nitrogens with one attached hydrogen (secondary N) is 1. The van der Waals surface area contributed by atoms with Crippen molar-refractivity contribution in [3.63, 3.8) is 0 Å². The highest BCUT2D eigenvalue weighted by Gasteiger charge is 2.27. The van der Waals surface area contributed by atoms with Crippen molar-refractivity contribution in [2.24, 2.45) is 0 Å².